The molecule has 1 atom stereocenters. The van der Waals surface area contributed by atoms with Crippen LogP contribution in [-0.2, 0) is 13.0 Å². The summed E-state index contributed by atoms with van der Waals surface area (Å²) in [5, 5.41) is 19.1. The summed E-state index contributed by atoms with van der Waals surface area (Å²) < 4.78 is 5.35. The highest BCUT2D eigenvalue weighted by Crippen LogP contribution is 2.09. The van der Waals surface area contributed by atoms with Gasteiger partial charge in [-0.05, 0) is 44.6 Å². The van der Waals surface area contributed by atoms with Gasteiger partial charge in [0, 0.05) is 30.9 Å². The summed E-state index contributed by atoms with van der Waals surface area (Å²) in [5.41, 5.74) is -0.837. The molecule has 0 amide bonds. The number of hydrogen-bond acceptors (Lipinski definition) is 5. The Balaban J connectivity index is 0.00000338. The topological polar surface area (TPSA) is 73.0 Å². The number of halogens is 1. The average Bonchev–Trinajstić information content (AvgIpc) is 3.21. The molecule has 146 valence electrons. The van der Waals surface area contributed by atoms with Gasteiger partial charge in [0.05, 0.1) is 18.4 Å². The lowest BCUT2D eigenvalue weighted by Crippen LogP contribution is -2.50. The van der Waals surface area contributed by atoms with Gasteiger partial charge in [0.2, 0.25) is 0 Å². The van der Waals surface area contributed by atoms with Crippen LogP contribution in [0.4, 0.5) is 0 Å². The molecule has 0 aliphatic rings. The van der Waals surface area contributed by atoms with Crippen molar-refractivity contribution in [2.45, 2.75) is 25.5 Å². The van der Waals surface area contributed by atoms with Gasteiger partial charge in [0.15, 0.2) is 5.96 Å². The molecule has 6 nitrogen and oxygen atoms in total. The fourth-order valence-corrected chi connectivity index (χ4v) is 3.13. The molecule has 0 radical (unpaired) electrons. The third-order valence-corrected chi connectivity index (χ3v) is 4.37. The lowest BCUT2D eigenvalue weighted by molar-refractivity contribution is 0.0377. The Bertz CT molecular complexity index is 628. The minimum Gasteiger partial charge on any atom is -0.469 e. The molecule has 3 N–H and O–H groups in total. The van der Waals surface area contributed by atoms with Crippen molar-refractivity contribution in [3.8, 4) is 0 Å². The van der Waals surface area contributed by atoms with Crippen LogP contribution in [-0.4, -0.2) is 55.3 Å². The maximum absolute atomic E-state index is 10.5. The summed E-state index contributed by atoms with van der Waals surface area (Å²) in [6.45, 7) is 4.13. The van der Waals surface area contributed by atoms with Gasteiger partial charge in [-0.15, -0.1) is 35.3 Å². The van der Waals surface area contributed by atoms with E-state index in [-0.39, 0.29) is 24.0 Å². The quantitative estimate of drug-likeness (QED) is 0.285. The molecule has 2 aromatic rings. The molecule has 1 unspecified atom stereocenters. The van der Waals surface area contributed by atoms with Crippen LogP contribution in [0.3, 0.4) is 0 Å². The Labute approximate surface area is 176 Å². The Morgan fingerprint density at radius 1 is 1.31 bits per heavy atom. The standard InChI is InChI=1S/C18H28N4O2S.HI/c1-18(23,14-22(2)3)13-21-17(20-12-16-7-5-11-25-16)19-9-8-15-6-4-10-24-15;/h4-7,10-11,23H,8-9,12-14H2,1-3H3,(H2,19,20,21);1H. The predicted molar refractivity (Wildman–Crippen MR) is 118 cm³/mol. The number of aliphatic imine (C=N–C) groups is 1. The van der Waals surface area contributed by atoms with Crippen molar-refractivity contribution in [2.24, 2.45) is 4.99 Å². The molecular weight excluding hydrogens is 463 g/mol. The number of nitrogens with one attached hydrogen (secondary N) is 2. The second-order valence-corrected chi connectivity index (χ2v) is 7.62. The monoisotopic (exact) mass is 492 g/mol. The fourth-order valence-electron chi connectivity index (χ4n) is 2.50. The molecule has 2 rings (SSSR count). The van der Waals surface area contributed by atoms with Crippen LogP contribution < -0.4 is 10.6 Å². The maximum atomic E-state index is 10.5. The van der Waals surface area contributed by atoms with Crippen LogP contribution in [0.1, 0.15) is 17.6 Å². The molecule has 2 aromatic heterocycles. The third kappa shape index (κ3) is 9.02. The van der Waals surface area contributed by atoms with Gasteiger partial charge in [-0.2, -0.15) is 0 Å². The van der Waals surface area contributed by atoms with E-state index in [0.717, 1.165) is 12.2 Å². The van der Waals surface area contributed by atoms with Gasteiger partial charge < -0.3 is 25.1 Å². The highest BCUT2D eigenvalue weighted by Gasteiger charge is 2.21. The molecule has 26 heavy (non-hydrogen) atoms. The molecule has 0 saturated carbocycles. The minimum absolute atomic E-state index is 0. The number of rotatable bonds is 9. The first-order valence-corrected chi connectivity index (χ1v) is 9.27. The Kier molecular flexibility index (Phi) is 10.2. The van der Waals surface area contributed by atoms with Gasteiger partial charge in [0.1, 0.15) is 5.76 Å². The number of likely N-dealkylation sites (N-methyl/N-ethyl adjacent to an activating group) is 1. The summed E-state index contributed by atoms with van der Waals surface area (Å²) in [5.74, 6) is 1.63. The molecule has 0 aliphatic carbocycles. The second kappa shape index (κ2) is 11.6. The number of furan rings is 1. The van der Waals surface area contributed by atoms with Crippen LogP contribution in [0.15, 0.2) is 45.3 Å². The normalized spacial score (nSPS) is 14.0. The highest BCUT2D eigenvalue weighted by atomic mass is 127. The third-order valence-electron chi connectivity index (χ3n) is 3.51. The summed E-state index contributed by atoms with van der Waals surface area (Å²) in [6.07, 6.45) is 2.46. The fraction of sp³-hybridized carbons (Fsp3) is 0.500. The Morgan fingerprint density at radius 3 is 2.73 bits per heavy atom. The summed E-state index contributed by atoms with van der Waals surface area (Å²) in [7, 11) is 3.89. The molecular formula is C18H29IN4O2S. The van der Waals surface area contributed by atoms with E-state index in [9.17, 15) is 5.11 Å². The maximum Gasteiger partial charge on any atom is 0.191 e. The molecule has 0 spiro atoms. The highest BCUT2D eigenvalue weighted by molar-refractivity contribution is 14.0. The summed E-state index contributed by atoms with van der Waals surface area (Å²) >= 11 is 1.69. The van der Waals surface area contributed by atoms with E-state index in [4.69, 9.17) is 4.42 Å². The Morgan fingerprint density at radius 2 is 2.12 bits per heavy atom. The van der Waals surface area contributed by atoms with Crippen LogP contribution in [0.25, 0.3) is 0 Å². The first-order valence-electron chi connectivity index (χ1n) is 8.39. The molecule has 0 bridgehead atoms. The molecule has 0 saturated heterocycles. The average molecular weight is 492 g/mol. The van der Waals surface area contributed by atoms with E-state index in [1.54, 1.807) is 17.6 Å². The molecule has 0 aromatic carbocycles. The number of guanidine groups is 1. The molecule has 2 heterocycles. The van der Waals surface area contributed by atoms with E-state index in [1.165, 1.54) is 4.88 Å². The lowest BCUT2D eigenvalue weighted by Gasteiger charge is -2.28. The van der Waals surface area contributed by atoms with Crippen LogP contribution in [0, 0.1) is 0 Å². The number of aliphatic hydroxyl groups is 1. The van der Waals surface area contributed by atoms with Crippen molar-refractivity contribution in [1.82, 2.24) is 15.5 Å². The van der Waals surface area contributed by atoms with Gasteiger partial charge in [-0.3, -0.25) is 0 Å². The van der Waals surface area contributed by atoms with E-state index in [2.05, 4.69) is 21.7 Å². The van der Waals surface area contributed by atoms with Gasteiger partial charge >= 0.3 is 0 Å². The van der Waals surface area contributed by atoms with Crippen molar-refractivity contribution < 1.29 is 9.52 Å². The van der Waals surface area contributed by atoms with Crippen molar-refractivity contribution in [1.29, 1.82) is 0 Å². The van der Waals surface area contributed by atoms with Gasteiger partial charge in [-0.1, -0.05) is 6.07 Å². The smallest absolute Gasteiger partial charge is 0.191 e. The van der Waals surface area contributed by atoms with Gasteiger partial charge in [-0.25, -0.2) is 4.99 Å². The Hall–Kier alpha value is -1.10. The van der Waals surface area contributed by atoms with E-state index < -0.39 is 5.60 Å². The van der Waals surface area contributed by atoms with E-state index >= 15 is 0 Å². The van der Waals surface area contributed by atoms with Crippen LogP contribution >= 0.6 is 35.3 Å². The van der Waals surface area contributed by atoms with E-state index in [1.807, 2.05) is 49.5 Å². The summed E-state index contributed by atoms with van der Waals surface area (Å²) in [6, 6.07) is 7.93. The first-order chi connectivity index (χ1) is 11.9. The van der Waals surface area contributed by atoms with Crippen LogP contribution in [0.5, 0.6) is 0 Å². The minimum atomic E-state index is -0.837. The number of nitrogens with zero attached hydrogens (tertiary/aromatic N) is 2. The zero-order valence-electron chi connectivity index (χ0n) is 15.6. The molecule has 8 heteroatoms. The zero-order valence-corrected chi connectivity index (χ0v) is 18.7. The number of thiophene rings is 1. The molecule has 0 aliphatic heterocycles. The van der Waals surface area contributed by atoms with Crippen molar-refractivity contribution in [2.75, 3.05) is 33.7 Å². The second-order valence-electron chi connectivity index (χ2n) is 6.59. The SMILES string of the molecule is CN(C)CC(C)(O)CNC(=NCc1cccs1)NCCc1ccco1.I. The van der Waals surface area contributed by atoms with E-state index in [0.29, 0.717) is 32.1 Å². The number of hydrogen-bond donors (Lipinski definition) is 3. The van der Waals surface area contributed by atoms with Crippen molar-refractivity contribution >= 4 is 41.3 Å². The molecule has 0 fully saturated rings. The van der Waals surface area contributed by atoms with Crippen LogP contribution in [0.2, 0.25) is 0 Å². The summed E-state index contributed by atoms with van der Waals surface area (Å²) in [4.78, 5) is 7.78. The lowest BCUT2D eigenvalue weighted by atomic mass is 10.1. The predicted octanol–water partition coefficient (Wildman–Crippen LogP) is 2.55. The van der Waals surface area contributed by atoms with Gasteiger partial charge in [0.25, 0.3) is 0 Å². The van der Waals surface area contributed by atoms with Crippen molar-refractivity contribution in [3.63, 3.8) is 0 Å². The largest absolute Gasteiger partial charge is 0.469 e. The zero-order chi connectivity index (χ0) is 18.1. The first kappa shape index (κ1) is 22.9. The van der Waals surface area contributed by atoms with Crippen molar-refractivity contribution in [3.05, 3.63) is 46.5 Å².